The molecule has 7 nitrogen and oxygen atoms in total. The zero-order valence-electron chi connectivity index (χ0n) is 19.3. The first-order valence-corrected chi connectivity index (χ1v) is 13.8. The van der Waals surface area contributed by atoms with Gasteiger partial charge in [-0.05, 0) is 44.7 Å². The molecule has 2 saturated heterocycles. The second kappa shape index (κ2) is 8.96. The fraction of sp³-hybridized carbons (Fsp3) is 0.458. The molecule has 3 aromatic rings. The van der Waals surface area contributed by atoms with E-state index in [9.17, 15) is 23.0 Å². The van der Waals surface area contributed by atoms with Gasteiger partial charge in [-0.15, -0.1) is 0 Å². The molecule has 0 amide bonds. The molecule has 2 aliphatic heterocycles. The molecule has 1 aromatic carbocycles. The number of rotatable bonds is 4. The van der Waals surface area contributed by atoms with Crippen LogP contribution in [0.2, 0.25) is 0 Å². The molecule has 35 heavy (non-hydrogen) atoms. The summed E-state index contributed by atoms with van der Waals surface area (Å²) in [5.41, 5.74) is -0.391. The third kappa shape index (κ3) is 4.43. The Labute approximate surface area is 201 Å². The van der Waals surface area contributed by atoms with Crippen molar-refractivity contribution in [2.24, 2.45) is 0 Å². The summed E-state index contributed by atoms with van der Waals surface area (Å²) < 4.78 is 57.4. The zero-order valence-corrected chi connectivity index (χ0v) is 20.2. The lowest BCUT2D eigenvalue weighted by Gasteiger charge is -2.28. The number of nitriles is 1. The molecule has 0 spiro atoms. The molecule has 11 heteroatoms. The van der Waals surface area contributed by atoms with E-state index in [2.05, 4.69) is 33.6 Å². The van der Waals surface area contributed by atoms with Crippen LogP contribution >= 0.6 is 7.14 Å². The highest BCUT2D eigenvalue weighted by Crippen LogP contribution is 2.53. The Morgan fingerprint density at radius 3 is 2.66 bits per heavy atom. The summed E-state index contributed by atoms with van der Waals surface area (Å²) in [7, 11) is -2.93. The summed E-state index contributed by atoms with van der Waals surface area (Å²) in [5, 5.41) is 17.3. The first-order valence-electron chi connectivity index (χ1n) is 11.8. The van der Waals surface area contributed by atoms with Crippen molar-refractivity contribution >= 4 is 29.3 Å². The smallest absolute Gasteiger partial charge is 0.350 e. The topological polar surface area (TPSA) is 95.6 Å². The SMILES string of the molecule is C[C@H]1CC[C@H](Nc2ncc(C(F)(F)F)c(-n3ccc4ccc(C#N)c(P5(=O)CCCC5)c43)n2)CN1. The van der Waals surface area contributed by atoms with Gasteiger partial charge in [-0.2, -0.15) is 23.4 Å². The monoisotopic (exact) mass is 502 g/mol. The van der Waals surface area contributed by atoms with Crippen LogP contribution in [0.5, 0.6) is 0 Å². The molecular weight excluding hydrogens is 476 g/mol. The molecule has 0 unspecified atom stereocenters. The third-order valence-corrected chi connectivity index (χ3v) is 10.3. The van der Waals surface area contributed by atoms with Gasteiger partial charge in [0.05, 0.1) is 22.5 Å². The van der Waals surface area contributed by atoms with E-state index >= 15 is 0 Å². The fourth-order valence-electron chi connectivity index (χ4n) is 5.09. The number of alkyl halides is 3. The number of piperidine rings is 1. The number of aromatic nitrogens is 3. The van der Waals surface area contributed by atoms with E-state index in [0.717, 1.165) is 31.9 Å². The van der Waals surface area contributed by atoms with Gasteiger partial charge in [-0.3, -0.25) is 4.57 Å². The second-order valence-corrected chi connectivity index (χ2v) is 12.5. The minimum Gasteiger partial charge on any atom is -0.350 e. The molecule has 2 fully saturated rings. The third-order valence-electron chi connectivity index (χ3n) is 6.94. The molecule has 4 heterocycles. The van der Waals surface area contributed by atoms with Crippen molar-refractivity contribution in [2.75, 3.05) is 24.2 Å². The molecule has 0 radical (unpaired) electrons. The van der Waals surface area contributed by atoms with E-state index in [1.165, 1.54) is 10.8 Å². The van der Waals surface area contributed by atoms with Gasteiger partial charge in [0.15, 0.2) is 5.82 Å². The summed E-state index contributed by atoms with van der Waals surface area (Å²) in [4.78, 5) is 8.28. The average Bonchev–Trinajstić information content (AvgIpc) is 3.46. The number of hydrogen-bond donors (Lipinski definition) is 2. The first-order chi connectivity index (χ1) is 16.7. The van der Waals surface area contributed by atoms with E-state index in [4.69, 9.17) is 0 Å². The van der Waals surface area contributed by atoms with Gasteiger partial charge in [0, 0.05) is 48.7 Å². The minimum atomic E-state index is -4.70. The first kappa shape index (κ1) is 23.8. The van der Waals surface area contributed by atoms with E-state index in [0.29, 0.717) is 41.1 Å². The number of hydrogen-bond acceptors (Lipinski definition) is 6. The predicted octanol–water partition coefficient (Wildman–Crippen LogP) is 4.65. The number of nitrogens with zero attached hydrogens (tertiary/aromatic N) is 4. The molecule has 0 bridgehead atoms. The lowest BCUT2D eigenvalue weighted by Crippen LogP contribution is -2.43. The van der Waals surface area contributed by atoms with E-state index in [1.807, 2.05) is 0 Å². The van der Waals surface area contributed by atoms with Crippen LogP contribution in [-0.4, -0.2) is 45.5 Å². The van der Waals surface area contributed by atoms with Crippen LogP contribution in [0.3, 0.4) is 0 Å². The normalized spacial score (nSPS) is 22.3. The Bertz CT molecular complexity index is 1340. The minimum absolute atomic E-state index is 0.00716. The summed E-state index contributed by atoms with van der Waals surface area (Å²) in [6.07, 6.45) is 1.80. The van der Waals surface area contributed by atoms with Crippen LogP contribution in [0.15, 0.2) is 30.6 Å². The van der Waals surface area contributed by atoms with E-state index < -0.39 is 18.9 Å². The van der Waals surface area contributed by atoms with E-state index in [-0.39, 0.29) is 23.4 Å². The molecule has 0 saturated carbocycles. The van der Waals surface area contributed by atoms with Gasteiger partial charge in [0.2, 0.25) is 5.95 Å². The van der Waals surface area contributed by atoms with Crippen molar-refractivity contribution in [1.29, 1.82) is 5.26 Å². The highest BCUT2D eigenvalue weighted by molar-refractivity contribution is 7.72. The zero-order chi connectivity index (χ0) is 24.8. The van der Waals surface area contributed by atoms with Crippen LogP contribution in [0.25, 0.3) is 16.7 Å². The molecule has 2 aromatic heterocycles. The fourth-order valence-corrected chi connectivity index (χ4v) is 8.42. The average molecular weight is 502 g/mol. The summed E-state index contributed by atoms with van der Waals surface area (Å²) in [5.74, 6) is -0.244. The number of anilines is 1. The lowest BCUT2D eigenvalue weighted by atomic mass is 10.0. The van der Waals surface area contributed by atoms with Gasteiger partial charge in [-0.25, -0.2) is 4.98 Å². The lowest BCUT2D eigenvalue weighted by molar-refractivity contribution is -0.137. The number of benzene rings is 1. The van der Waals surface area contributed by atoms with Crippen molar-refractivity contribution in [3.05, 3.63) is 41.7 Å². The quantitative estimate of drug-likeness (QED) is 0.505. The Balaban J connectivity index is 1.68. The number of halogens is 3. The van der Waals surface area contributed by atoms with E-state index in [1.54, 1.807) is 18.2 Å². The van der Waals surface area contributed by atoms with Crippen LogP contribution in [0, 0.1) is 11.3 Å². The molecule has 184 valence electrons. The molecule has 5 rings (SSSR count). The maximum atomic E-state index is 14.1. The van der Waals surface area contributed by atoms with Crippen LogP contribution in [-0.2, 0) is 10.7 Å². The Hall–Kier alpha value is -2.89. The highest BCUT2D eigenvalue weighted by Gasteiger charge is 2.38. The highest BCUT2D eigenvalue weighted by atomic mass is 31.2. The molecule has 2 aliphatic rings. The maximum Gasteiger partial charge on any atom is 0.421 e. The maximum absolute atomic E-state index is 14.1. The molecule has 2 N–H and O–H groups in total. The van der Waals surface area contributed by atoms with Gasteiger partial charge >= 0.3 is 6.18 Å². The number of fused-ring (bicyclic) bond motifs is 1. The van der Waals surface area contributed by atoms with Crippen LogP contribution < -0.4 is 15.9 Å². The van der Waals surface area contributed by atoms with Crippen molar-refractivity contribution in [2.45, 2.75) is 50.9 Å². The standard InChI is InChI=1S/C24H26F3N6OP/c1-15-4-7-18(13-29-15)31-23-30-14-19(24(25,26)27)22(32-23)33-9-8-16-5-6-17(12-28)21(20(16)33)35(34)10-2-3-11-35/h5-6,8-9,14-15,18,29H,2-4,7,10-11,13H2,1H3,(H,30,31,32)/t15-,18-/m0/s1. The second-order valence-electron chi connectivity index (χ2n) is 9.40. The van der Waals surface area contributed by atoms with Crippen molar-refractivity contribution in [1.82, 2.24) is 19.9 Å². The Morgan fingerprint density at radius 1 is 1.23 bits per heavy atom. The predicted molar refractivity (Wildman–Crippen MR) is 129 cm³/mol. The van der Waals surface area contributed by atoms with Crippen molar-refractivity contribution in [3.63, 3.8) is 0 Å². The van der Waals surface area contributed by atoms with Gasteiger partial charge in [-0.1, -0.05) is 6.07 Å². The summed E-state index contributed by atoms with van der Waals surface area (Å²) in [6.45, 7) is 2.75. The number of nitrogens with one attached hydrogen (secondary N) is 2. The van der Waals surface area contributed by atoms with Gasteiger partial charge in [0.25, 0.3) is 0 Å². The summed E-state index contributed by atoms with van der Waals surface area (Å²) in [6, 6.07) is 7.44. The Morgan fingerprint density at radius 2 is 2.00 bits per heavy atom. The molecular formula is C24H26F3N6OP. The Kier molecular flexibility index (Phi) is 6.10. The van der Waals surface area contributed by atoms with Crippen molar-refractivity contribution < 1.29 is 17.7 Å². The van der Waals surface area contributed by atoms with Gasteiger partial charge in [0.1, 0.15) is 12.7 Å². The van der Waals surface area contributed by atoms with Crippen molar-refractivity contribution in [3.8, 4) is 11.9 Å². The molecule has 0 aliphatic carbocycles. The van der Waals surface area contributed by atoms with Crippen LogP contribution in [0.1, 0.15) is 43.7 Å². The molecule has 2 atom stereocenters. The largest absolute Gasteiger partial charge is 0.421 e. The summed E-state index contributed by atoms with van der Waals surface area (Å²) >= 11 is 0. The van der Waals surface area contributed by atoms with Gasteiger partial charge < -0.3 is 15.2 Å². The van der Waals surface area contributed by atoms with Crippen LogP contribution in [0.4, 0.5) is 19.1 Å².